The summed E-state index contributed by atoms with van der Waals surface area (Å²) in [4.78, 5) is 43.3. The van der Waals surface area contributed by atoms with E-state index >= 15 is 0 Å². The highest BCUT2D eigenvalue weighted by Gasteiger charge is 2.26. The van der Waals surface area contributed by atoms with E-state index in [1.807, 2.05) is 37.3 Å². The topological polar surface area (TPSA) is 86.6 Å². The number of hydrogen-bond acceptors (Lipinski definition) is 4. The number of pyridine rings is 1. The summed E-state index contributed by atoms with van der Waals surface area (Å²) in [7, 11) is 0. The summed E-state index contributed by atoms with van der Waals surface area (Å²) in [5.74, 6) is 0.459. The van der Waals surface area contributed by atoms with E-state index in [1.54, 1.807) is 15.9 Å². The number of fused-ring (bicyclic) bond motifs is 1. The van der Waals surface area contributed by atoms with Crippen molar-refractivity contribution in [2.75, 3.05) is 26.2 Å². The molecule has 0 saturated carbocycles. The second kappa shape index (κ2) is 7.95. The van der Waals surface area contributed by atoms with Crippen molar-refractivity contribution in [3.8, 4) is 0 Å². The van der Waals surface area contributed by atoms with Gasteiger partial charge in [-0.1, -0.05) is 25.1 Å². The first kappa shape index (κ1) is 19.0. The molecule has 1 fully saturated rings. The average molecular weight is 393 g/mol. The van der Waals surface area contributed by atoms with Gasteiger partial charge in [-0.2, -0.15) is 0 Å². The zero-order valence-electron chi connectivity index (χ0n) is 16.3. The molecule has 7 nitrogen and oxygen atoms in total. The molecule has 0 unspecified atom stereocenters. The minimum absolute atomic E-state index is 0.0134. The van der Waals surface area contributed by atoms with Crippen LogP contribution in [0, 0.1) is 0 Å². The van der Waals surface area contributed by atoms with Gasteiger partial charge in [0.15, 0.2) is 0 Å². The molecule has 150 valence electrons. The SMILES string of the molecule is CCc1cc(C(=O)N2CCN(C(=O)Cc3cc4ccccc4o3)CC2)cc(=O)[nH]1. The van der Waals surface area contributed by atoms with Gasteiger partial charge in [-0.3, -0.25) is 14.4 Å². The standard InChI is InChI=1S/C22H23N3O4/c1-2-17-11-16(13-20(26)23-17)22(28)25-9-7-24(8-10-25)21(27)14-18-12-15-5-3-4-6-19(15)29-18/h3-6,11-13H,2,7-10,14H2,1H3,(H,23,26). The normalized spacial score (nSPS) is 14.4. The Kier molecular flexibility index (Phi) is 5.20. The van der Waals surface area contributed by atoms with Gasteiger partial charge in [0.05, 0.1) is 6.42 Å². The summed E-state index contributed by atoms with van der Waals surface area (Å²) in [6.45, 7) is 3.74. The molecule has 0 radical (unpaired) electrons. The van der Waals surface area contributed by atoms with E-state index in [4.69, 9.17) is 4.42 Å². The molecule has 1 saturated heterocycles. The van der Waals surface area contributed by atoms with Crippen molar-refractivity contribution in [3.05, 3.63) is 69.8 Å². The first-order chi connectivity index (χ1) is 14.0. The maximum absolute atomic E-state index is 12.7. The Morgan fingerprint density at radius 2 is 1.76 bits per heavy atom. The van der Waals surface area contributed by atoms with Gasteiger partial charge in [-0.05, 0) is 24.6 Å². The lowest BCUT2D eigenvalue weighted by atomic mass is 10.1. The Morgan fingerprint density at radius 1 is 1.03 bits per heavy atom. The predicted molar refractivity (Wildman–Crippen MR) is 109 cm³/mol. The lowest BCUT2D eigenvalue weighted by molar-refractivity contribution is -0.132. The van der Waals surface area contributed by atoms with Crippen molar-refractivity contribution >= 4 is 22.8 Å². The first-order valence-electron chi connectivity index (χ1n) is 9.81. The fourth-order valence-electron chi connectivity index (χ4n) is 3.64. The molecule has 0 bridgehead atoms. The smallest absolute Gasteiger partial charge is 0.254 e. The number of nitrogens with one attached hydrogen (secondary N) is 1. The summed E-state index contributed by atoms with van der Waals surface area (Å²) in [5.41, 5.74) is 1.63. The highest BCUT2D eigenvalue weighted by molar-refractivity contribution is 5.94. The van der Waals surface area contributed by atoms with E-state index in [1.165, 1.54) is 6.07 Å². The van der Waals surface area contributed by atoms with E-state index in [9.17, 15) is 14.4 Å². The van der Waals surface area contributed by atoms with Crippen molar-refractivity contribution in [3.63, 3.8) is 0 Å². The second-order valence-corrected chi connectivity index (χ2v) is 7.21. The third-order valence-corrected chi connectivity index (χ3v) is 5.25. The molecule has 1 N–H and O–H groups in total. The van der Waals surface area contributed by atoms with E-state index in [0.717, 1.165) is 16.7 Å². The number of benzene rings is 1. The number of carbonyl (C=O) groups is 2. The van der Waals surface area contributed by atoms with Crippen LogP contribution in [0.3, 0.4) is 0 Å². The molecule has 1 aliphatic heterocycles. The molecule has 4 rings (SSSR count). The number of rotatable bonds is 4. The molecule has 0 aliphatic carbocycles. The van der Waals surface area contributed by atoms with Crippen LogP contribution in [-0.4, -0.2) is 52.8 Å². The van der Waals surface area contributed by atoms with Crippen LogP contribution >= 0.6 is 0 Å². The summed E-state index contributed by atoms with van der Waals surface area (Å²) < 4.78 is 5.74. The number of nitrogens with zero attached hydrogens (tertiary/aromatic N) is 2. The van der Waals surface area contributed by atoms with Crippen LogP contribution in [0.4, 0.5) is 0 Å². The lowest BCUT2D eigenvalue weighted by Crippen LogP contribution is -2.51. The molecular weight excluding hydrogens is 370 g/mol. The van der Waals surface area contributed by atoms with Gasteiger partial charge in [0.25, 0.3) is 5.91 Å². The number of para-hydroxylation sites is 1. The number of furan rings is 1. The molecule has 3 aromatic rings. The van der Waals surface area contributed by atoms with Crippen LogP contribution in [0.25, 0.3) is 11.0 Å². The van der Waals surface area contributed by atoms with Crippen LogP contribution in [0.2, 0.25) is 0 Å². The number of piperazine rings is 1. The van der Waals surface area contributed by atoms with Gasteiger partial charge in [0.1, 0.15) is 11.3 Å². The molecule has 7 heteroatoms. The number of carbonyl (C=O) groups excluding carboxylic acids is 2. The molecule has 2 aromatic heterocycles. The monoisotopic (exact) mass is 393 g/mol. The molecule has 0 spiro atoms. The largest absolute Gasteiger partial charge is 0.461 e. The minimum Gasteiger partial charge on any atom is -0.461 e. The van der Waals surface area contributed by atoms with Crippen molar-refractivity contribution in [1.29, 1.82) is 0 Å². The number of amides is 2. The highest BCUT2D eigenvalue weighted by atomic mass is 16.3. The van der Waals surface area contributed by atoms with Gasteiger partial charge < -0.3 is 19.2 Å². The molecular formula is C22H23N3O4. The zero-order chi connectivity index (χ0) is 20.4. The number of aromatic amines is 1. The third-order valence-electron chi connectivity index (χ3n) is 5.25. The zero-order valence-corrected chi connectivity index (χ0v) is 16.3. The quantitative estimate of drug-likeness (QED) is 0.736. The Balaban J connectivity index is 1.37. The Morgan fingerprint density at radius 3 is 2.48 bits per heavy atom. The van der Waals surface area contributed by atoms with Gasteiger partial charge in [0.2, 0.25) is 11.5 Å². The average Bonchev–Trinajstić information content (AvgIpc) is 3.15. The fourth-order valence-corrected chi connectivity index (χ4v) is 3.64. The first-order valence-corrected chi connectivity index (χ1v) is 9.81. The molecule has 3 heterocycles. The number of H-pyrrole nitrogens is 1. The van der Waals surface area contributed by atoms with Crippen LogP contribution in [0.15, 0.2) is 51.7 Å². The Labute approximate surface area is 167 Å². The summed E-state index contributed by atoms with van der Waals surface area (Å²) >= 11 is 0. The van der Waals surface area contributed by atoms with Crippen LogP contribution < -0.4 is 5.56 Å². The highest BCUT2D eigenvalue weighted by Crippen LogP contribution is 2.20. The van der Waals surface area contributed by atoms with E-state index in [-0.39, 0.29) is 23.8 Å². The summed E-state index contributed by atoms with van der Waals surface area (Å²) in [6.07, 6.45) is 0.858. The van der Waals surface area contributed by atoms with E-state index in [0.29, 0.717) is 43.9 Å². The third kappa shape index (κ3) is 4.08. The van der Waals surface area contributed by atoms with Gasteiger partial charge in [0, 0.05) is 48.9 Å². The number of aromatic nitrogens is 1. The second-order valence-electron chi connectivity index (χ2n) is 7.21. The van der Waals surface area contributed by atoms with Crippen molar-refractivity contribution in [1.82, 2.24) is 14.8 Å². The fraction of sp³-hybridized carbons (Fsp3) is 0.318. The van der Waals surface area contributed by atoms with Crippen molar-refractivity contribution in [2.24, 2.45) is 0 Å². The van der Waals surface area contributed by atoms with E-state index in [2.05, 4.69) is 4.98 Å². The van der Waals surface area contributed by atoms with Crippen molar-refractivity contribution in [2.45, 2.75) is 19.8 Å². The van der Waals surface area contributed by atoms with Crippen molar-refractivity contribution < 1.29 is 14.0 Å². The molecule has 1 aliphatic rings. The molecule has 1 aromatic carbocycles. The van der Waals surface area contributed by atoms with Gasteiger partial charge in [-0.15, -0.1) is 0 Å². The van der Waals surface area contributed by atoms with E-state index < -0.39 is 0 Å². The summed E-state index contributed by atoms with van der Waals surface area (Å²) in [6, 6.07) is 12.6. The maximum Gasteiger partial charge on any atom is 0.254 e. The van der Waals surface area contributed by atoms with Crippen LogP contribution in [0.1, 0.15) is 28.7 Å². The maximum atomic E-state index is 12.7. The van der Waals surface area contributed by atoms with Crippen LogP contribution in [0.5, 0.6) is 0 Å². The number of hydrogen-bond donors (Lipinski definition) is 1. The Hall–Kier alpha value is -3.35. The van der Waals surface area contributed by atoms with Gasteiger partial charge in [-0.25, -0.2) is 0 Å². The minimum atomic E-state index is -0.271. The lowest BCUT2D eigenvalue weighted by Gasteiger charge is -2.34. The predicted octanol–water partition coefficient (Wildman–Crippen LogP) is 2.21. The van der Waals surface area contributed by atoms with Gasteiger partial charge >= 0.3 is 0 Å². The summed E-state index contributed by atoms with van der Waals surface area (Å²) in [5, 5.41) is 0.981. The number of aryl methyl sites for hydroxylation is 1. The van der Waals surface area contributed by atoms with Crippen LogP contribution in [-0.2, 0) is 17.6 Å². The molecule has 2 amide bonds. The molecule has 0 atom stereocenters. The Bertz CT molecular complexity index is 1070. The molecule has 29 heavy (non-hydrogen) atoms.